The number of nitrogens with zero attached hydrogens (tertiary/aromatic N) is 12. The predicted octanol–water partition coefficient (Wildman–Crippen LogP) is 21.7. The smallest absolute Gasteiger partial charge is 0.357 e. The van der Waals surface area contributed by atoms with E-state index in [4.69, 9.17) is 39.9 Å². The number of fused-ring (bicyclic) bond motifs is 20. The molecular formula is C86H58N12Zn. The second kappa shape index (κ2) is 27.0. The Hall–Kier alpha value is -13.0. The molecule has 13 heteroatoms. The maximum absolute atomic E-state index is 4.95. The first-order valence-corrected chi connectivity index (χ1v) is 32.5. The zero-order valence-corrected chi connectivity index (χ0v) is 56.5. The van der Waals surface area contributed by atoms with Gasteiger partial charge in [-0.05, 0) is 167 Å². The molecule has 5 heterocycles. The van der Waals surface area contributed by atoms with Gasteiger partial charge in [-0.1, -0.05) is 206 Å². The van der Waals surface area contributed by atoms with Gasteiger partial charge >= 0.3 is 19.5 Å². The van der Waals surface area contributed by atoms with E-state index < -0.39 is 0 Å². The molecule has 464 valence electrons. The van der Waals surface area contributed by atoms with Crippen molar-refractivity contribution in [2.24, 2.45) is 0 Å². The minimum absolute atomic E-state index is 0. The maximum Gasteiger partial charge on any atom is 2.00 e. The summed E-state index contributed by atoms with van der Waals surface area (Å²) in [6, 6.07) is 122. The number of anilines is 12. The van der Waals surface area contributed by atoms with Crippen LogP contribution in [0.15, 0.2) is 352 Å². The standard InChI is InChI=1S/C54H42N4.C32H16N8.Zn/c1-7-19-43(20-8-1)55(44-21-9-2-10-22-44)49-31-37-52(38-32-49)58(53-39-33-50(34-40-53)56(45-23-11-3-12-24-45)46-25-13-4-14-26-46)54-41-35-51(36-42-54)57(47-27-15-5-16-28-47)48-29-17-6-18-30-48;1-2-10-18-17(9-1)25-33-26(18)38-28-21-13-5-6-14-22(21)30(35-28)40-32-24-16-8-7-15-23(24)31(36-32)39-29-20-12-4-3-11-19(20)27(34-29)37-25;/h1-42H;1-16H;/q;-2;+2. The monoisotopic (exact) mass is 1320 g/mol. The van der Waals surface area contributed by atoms with Crippen molar-refractivity contribution >= 4 is 112 Å². The van der Waals surface area contributed by atoms with Crippen molar-refractivity contribution in [3.8, 4) is 45.6 Å². The average Bonchev–Trinajstić information content (AvgIpc) is 1.66. The van der Waals surface area contributed by atoms with Crippen LogP contribution in [0.1, 0.15) is 0 Å². The van der Waals surface area contributed by atoms with Crippen LogP contribution in [-0.4, -0.2) is 29.9 Å². The summed E-state index contributed by atoms with van der Waals surface area (Å²) in [5, 5.41) is 3.57. The molecule has 3 aromatic heterocycles. The largest absolute Gasteiger partial charge is 2.00 e. The Morgan fingerprint density at radius 3 is 0.495 bits per heavy atom. The van der Waals surface area contributed by atoms with E-state index in [9.17, 15) is 0 Å². The van der Waals surface area contributed by atoms with Gasteiger partial charge in [0.25, 0.3) is 0 Å². The fourth-order valence-electron chi connectivity index (χ4n) is 13.0. The number of hydrogen-bond donors (Lipinski definition) is 0. The van der Waals surface area contributed by atoms with Crippen LogP contribution in [0.2, 0.25) is 0 Å². The normalized spacial score (nSPS) is 11.2. The molecule has 0 atom stereocenters. The summed E-state index contributed by atoms with van der Waals surface area (Å²) < 4.78 is 0. The number of aromatic nitrogens is 8. The molecule has 2 aliphatic heterocycles. The molecule has 0 spiro atoms. The van der Waals surface area contributed by atoms with Crippen molar-refractivity contribution in [3.05, 3.63) is 352 Å². The molecule has 0 saturated carbocycles. The summed E-state index contributed by atoms with van der Waals surface area (Å²) in [4.78, 5) is 48.5. The quantitative estimate of drug-likeness (QED) is 0.108. The molecule has 13 aromatic carbocycles. The minimum Gasteiger partial charge on any atom is -0.357 e. The molecule has 99 heavy (non-hydrogen) atoms. The first-order valence-electron chi connectivity index (χ1n) is 32.5. The van der Waals surface area contributed by atoms with Crippen LogP contribution in [0.3, 0.4) is 0 Å². The van der Waals surface area contributed by atoms with E-state index in [1.807, 2.05) is 97.1 Å². The second-order valence-corrected chi connectivity index (χ2v) is 23.6. The number of rotatable bonds is 12. The minimum atomic E-state index is 0. The molecule has 0 radical (unpaired) electrons. The molecule has 0 unspecified atom stereocenters. The molecule has 2 aliphatic rings. The van der Waals surface area contributed by atoms with E-state index in [0.717, 1.165) is 112 Å². The summed E-state index contributed by atoms with van der Waals surface area (Å²) in [7, 11) is 0. The van der Waals surface area contributed by atoms with Crippen molar-refractivity contribution in [2.75, 3.05) is 19.6 Å². The topological polar surface area (TPSA) is 119 Å². The molecule has 0 aliphatic carbocycles. The van der Waals surface area contributed by atoms with E-state index in [1.165, 1.54) is 0 Å². The van der Waals surface area contributed by atoms with Crippen molar-refractivity contribution in [2.45, 2.75) is 0 Å². The zero-order valence-electron chi connectivity index (χ0n) is 53.6. The van der Waals surface area contributed by atoms with Gasteiger partial charge in [-0.2, -0.15) is 0 Å². The SMILES string of the molecule is [Zn+2].c1ccc(N(c2ccccc2)c2ccc(N(c3ccc(N(c4ccccc4)c4ccccc4)cc3)c3ccc(N(c4ccccc4)c4ccccc4)cc3)cc2)cc1.c1ccc2c(c1)-c1nc-2nc2[n-]c(nc3nc(nc4[n-]c(n1)c1ccccc41)-c1ccccc1-3)c1ccccc21. The number of para-hydroxylation sites is 6. The molecule has 0 N–H and O–H groups in total. The van der Waals surface area contributed by atoms with Gasteiger partial charge in [0.15, 0.2) is 0 Å². The summed E-state index contributed by atoms with van der Waals surface area (Å²) in [5.41, 5.74) is 18.8. The van der Waals surface area contributed by atoms with Crippen LogP contribution in [0.25, 0.3) is 89.7 Å². The van der Waals surface area contributed by atoms with Crippen LogP contribution >= 0.6 is 0 Å². The summed E-state index contributed by atoms with van der Waals surface area (Å²) >= 11 is 0. The van der Waals surface area contributed by atoms with Crippen LogP contribution in [0.5, 0.6) is 0 Å². The number of hydrogen-bond acceptors (Lipinski definition) is 10. The molecule has 0 saturated heterocycles. The zero-order chi connectivity index (χ0) is 65.1. The van der Waals surface area contributed by atoms with Gasteiger partial charge in [-0.25, -0.2) is 9.97 Å². The maximum atomic E-state index is 4.95. The molecule has 18 rings (SSSR count). The van der Waals surface area contributed by atoms with Gasteiger partial charge < -0.3 is 49.5 Å². The van der Waals surface area contributed by atoms with Crippen LogP contribution in [-0.2, 0) is 19.5 Å². The summed E-state index contributed by atoms with van der Waals surface area (Å²) in [6.07, 6.45) is 0. The Bertz CT molecular complexity index is 4950. The second-order valence-electron chi connectivity index (χ2n) is 23.6. The van der Waals surface area contributed by atoms with Crippen molar-refractivity contribution in [3.63, 3.8) is 0 Å². The Kier molecular flexibility index (Phi) is 16.6. The first kappa shape index (κ1) is 61.0. The van der Waals surface area contributed by atoms with Gasteiger partial charge in [0.1, 0.15) is 0 Å². The van der Waals surface area contributed by atoms with Gasteiger partial charge in [-0.3, -0.25) is 0 Å². The van der Waals surface area contributed by atoms with Gasteiger partial charge in [-0.15, -0.1) is 0 Å². The van der Waals surface area contributed by atoms with E-state index in [-0.39, 0.29) is 19.5 Å². The first-order chi connectivity index (χ1) is 48.6. The van der Waals surface area contributed by atoms with Gasteiger partial charge in [0, 0.05) is 113 Å². The Morgan fingerprint density at radius 2 is 0.313 bits per heavy atom. The molecule has 8 bridgehead atoms. The Morgan fingerprint density at radius 1 is 0.162 bits per heavy atom. The van der Waals surface area contributed by atoms with Crippen LogP contribution in [0, 0.1) is 0 Å². The van der Waals surface area contributed by atoms with E-state index in [0.29, 0.717) is 45.9 Å². The van der Waals surface area contributed by atoms with Crippen molar-refractivity contribution in [1.82, 2.24) is 39.9 Å². The van der Waals surface area contributed by atoms with Gasteiger partial charge in [0.05, 0.1) is 23.3 Å². The fourth-order valence-corrected chi connectivity index (χ4v) is 13.0. The molecule has 0 amide bonds. The van der Waals surface area contributed by atoms with Crippen LogP contribution < -0.4 is 29.6 Å². The summed E-state index contributed by atoms with van der Waals surface area (Å²) in [6.45, 7) is 0. The third-order valence-corrected chi connectivity index (χ3v) is 17.5. The third kappa shape index (κ3) is 12.0. The molecule has 0 fully saturated rings. The fraction of sp³-hybridized carbons (Fsp3) is 0. The van der Waals surface area contributed by atoms with Crippen LogP contribution in [0.4, 0.5) is 68.2 Å². The Labute approximate surface area is 585 Å². The average molecular weight is 1320 g/mol. The summed E-state index contributed by atoms with van der Waals surface area (Å²) in [5.74, 6) is 2.21. The number of benzene rings is 13. The molecule has 12 nitrogen and oxygen atoms in total. The van der Waals surface area contributed by atoms with Crippen molar-refractivity contribution < 1.29 is 19.5 Å². The van der Waals surface area contributed by atoms with Crippen molar-refractivity contribution in [1.29, 1.82) is 0 Å². The van der Waals surface area contributed by atoms with E-state index >= 15 is 0 Å². The Balaban J connectivity index is 0.000000163. The third-order valence-electron chi connectivity index (χ3n) is 17.5. The van der Waals surface area contributed by atoms with E-state index in [2.05, 4.69) is 274 Å². The van der Waals surface area contributed by atoms with E-state index in [1.54, 1.807) is 0 Å². The van der Waals surface area contributed by atoms with Gasteiger partial charge in [0.2, 0.25) is 0 Å². The molecular weight excluding hydrogens is 1270 g/mol. The molecule has 16 aromatic rings. The predicted molar refractivity (Wildman–Crippen MR) is 399 cm³/mol.